The first kappa shape index (κ1) is 17.6. The first-order valence-electron chi connectivity index (χ1n) is 7.17. The summed E-state index contributed by atoms with van der Waals surface area (Å²) in [5.74, 6) is 0.222. The third kappa shape index (κ3) is 5.13. The number of halogens is 2. The van der Waals surface area contributed by atoms with Gasteiger partial charge in [0, 0.05) is 12.3 Å². The van der Waals surface area contributed by atoms with Crippen LogP contribution in [0.2, 0.25) is 10.0 Å². The molecule has 0 heterocycles. The Morgan fingerprint density at radius 1 is 1.09 bits per heavy atom. The first-order chi connectivity index (χ1) is 11.1. The van der Waals surface area contributed by atoms with Gasteiger partial charge in [-0.25, -0.2) is 0 Å². The standard InChI is InChI=1S/C17H17Cl2NO3/c1-2-22-9-10-23-16-6-4-3-5-13(16)17(21)20-12-7-8-14(18)15(19)11-12/h3-8,11H,2,9-10H2,1H3,(H,20,21). The summed E-state index contributed by atoms with van der Waals surface area (Å²) >= 11 is 11.8. The van der Waals surface area contributed by atoms with Gasteiger partial charge in [-0.1, -0.05) is 35.3 Å². The molecule has 0 aliphatic rings. The van der Waals surface area contributed by atoms with Gasteiger partial charge in [0.05, 0.1) is 22.2 Å². The fourth-order valence-electron chi connectivity index (χ4n) is 1.91. The molecule has 23 heavy (non-hydrogen) atoms. The maximum Gasteiger partial charge on any atom is 0.259 e. The van der Waals surface area contributed by atoms with E-state index >= 15 is 0 Å². The number of rotatable bonds is 7. The molecular weight excluding hydrogens is 337 g/mol. The summed E-state index contributed by atoms with van der Waals surface area (Å²) in [5.41, 5.74) is 1.00. The van der Waals surface area contributed by atoms with Gasteiger partial charge in [0.25, 0.3) is 5.91 Å². The fraction of sp³-hybridized carbons (Fsp3) is 0.235. The lowest BCUT2D eigenvalue weighted by Gasteiger charge is -2.12. The Bertz CT molecular complexity index is 677. The molecule has 1 amide bonds. The Labute approximate surface area is 145 Å². The summed E-state index contributed by atoms with van der Waals surface area (Å²) in [6.07, 6.45) is 0. The number of carbonyl (C=O) groups excluding carboxylic acids is 1. The molecule has 2 rings (SSSR count). The van der Waals surface area contributed by atoms with Crippen LogP contribution in [0.4, 0.5) is 5.69 Å². The minimum atomic E-state index is -0.282. The zero-order valence-electron chi connectivity index (χ0n) is 12.6. The maximum atomic E-state index is 12.4. The van der Waals surface area contributed by atoms with Crippen molar-refractivity contribution in [2.24, 2.45) is 0 Å². The predicted octanol–water partition coefficient (Wildman–Crippen LogP) is 4.66. The highest BCUT2D eigenvalue weighted by molar-refractivity contribution is 6.42. The Morgan fingerprint density at radius 3 is 2.61 bits per heavy atom. The van der Waals surface area contributed by atoms with Crippen LogP contribution >= 0.6 is 23.2 Å². The molecule has 1 N–H and O–H groups in total. The lowest BCUT2D eigenvalue weighted by atomic mass is 10.2. The molecule has 0 aliphatic carbocycles. The number of anilines is 1. The Morgan fingerprint density at radius 2 is 1.87 bits per heavy atom. The largest absolute Gasteiger partial charge is 0.490 e. The lowest BCUT2D eigenvalue weighted by Crippen LogP contribution is -2.15. The number of hydrogen-bond acceptors (Lipinski definition) is 3. The van der Waals surface area contributed by atoms with Crippen LogP contribution in [0.1, 0.15) is 17.3 Å². The smallest absolute Gasteiger partial charge is 0.259 e. The summed E-state index contributed by atoms with van der Waals surface area (Å²) in [6.45, 7) is 3.39. The van der Waals surface area contributed by atoms with Gasteiger partial charge in [-0.2, -0.15) is 0 Å². The van der Waals surface area contributed by atoms with Crippen LogP contribution in [0.3, 0.4) is 0 Å². The van der Waals surface area contributed by atoms with E-state index < -0.39 is 0 Å². The Kier molecular flexibility index (Phi) is 6.71. The van der Waals surface area contributed by atoms with E-state index in [1.54, 1.807) is 36.4 Å². The van der Waals surface area contributed by atoms with Crippen molar-refractivity contribution in [3.8, 4) is 5.75 Å². The number of carbonyl (C=O) groups is 1. The van der Waals surface area contributed by atoms with E-state index in [4.69, 9.17) is 32.7 Å². The quantitative estimate of drug-likeness (QED) is 0.736. The topological polar surface area (TPSA) is 47.6 Å². The second-order valence-corrected chi connectivity index (χ2v) is 5.44. The Hall–Kier alpha value is -1.75. The molecule has 4 nitrogen and oxygen atoms in total. The molecule has 6 heteroatoms. The van der Waals surface area contributed by atoms with E-state index in [1.807, 2.05) is 13.0 Å². The minimum Gasteiger partial charge on any atom is -0.490 e. The van der Waals surface area contributed by atoms with Crippen molar-refractivity contribution >= 4 is 34.8 Å². The number of para-hydroxylation sites is 1. The molecule has 0 bridgehead atoms. The molecule has 0 saturated heterocycles. The second kappa shape index (κ2) is 8.77. The summed E-state index contributed by atoms with van der Waals surface area (Å²) in [7, 11) is 0. The lowest BCUT2D eigenvalue weighted by molar-refractivity contribution is 0.0998. The monoisotopic (exact) mass is 353 g/mol. The Balaban J connectivity index is 2.07. The maximum absolute atomic E-state index is 12.4. The molecule has 0 spiro atoms. The summed E-state index contributed by atoms with van der Waals surface area (Å²) < 4.78 is 10.8. The number of amides is 1. The highest BCUT2D eigenvalue weighted by Crippen LogP contribution is 2.26. The number of benzene rings is 2. The molecule has 0 unspecified atom stereocenters. The van der Waals surface area contributed by atoms with Gasteiger partial charge >= 0.3 is 0 Å². The molecule has 122 valence electrons. The zero-order valence-corrected chi connectivity index (χ0v) is 14.2. The van der Waals surface area contributed by atoms with Crippen LogP contribution in [0, 0.1) is 0 Å². The van der Waals surface area contributed by atoms with E-state index in [2.05, 4.69) is 5.32 Å². The zero-order chi connectivity index (χ0) is 16.7. The molecule has 0 aromatic heterocycles. The van der Waals surface area contributed by atoms with Gasteiger partial charge < -0.3 is 14.8 Å². The van der Waals surface area contributed by atoms with E-state index in [0.717, 1.165) is 0 Å². The van der Waals surface area contributed by atoms with Crippen LogP contribution in [0.25, 0.3) is 0 Å². The summed E-state index contributed by atoms with van der Waals surface area (Å²) in [5, 5.41) is 3.59. The average Bonchev–Trinajstić information content (AvgIpc) is 2.55. The average molecular weight is 354 g/mol. The summed E-state index contributed by atoms with van der Waals surface area (Å²) in [4.78, 5) is 12.4. The highest BCUT2D eigenvalue weighted by Gasteiger charge is 2.13. The van der Waals surface area contributed by atoms with Gasteiger partial charge in [-0.3, -0.25) is 4.79 Å². The van der Waals surface area contributed by atoms with Crippen molar-refractivity contribution in [2.75, 3.05) is 25.1 Å². The van der Waals surface area contributed by atoms with E-state index in [0.29, 0.717) is 46.9 Å². The molecule has 0 aliphatic heterocycles. The van der Waals surface area contributed by atoms with Gasteiger partial charge in [0.15, 0.2) is 0 Å². The van der Waals surface area contributed by atoms with Crippen LogP contribution in [0.5, 0.6) is 5.75 Å². The number of hydrogen-bond donors (Lipinski definition) is 1. The molecular formula is C17H17Cl2NO3. The van der Waals surface area contributed by atoms with Gasteiger partial charge in [-0.15, -0.1) is 0 Å². The molecule has 2 aromatic rings. The van der Waals surface area contributed by atoms with E-state index in [9.17, 15) is 4.79 Å². The SMILES string of the molecule is CCOCCOc1ccccc1C(=O)Nc1ccc(Cl)c(Cl)c1. The molecule has 0 saturated carbocycles. The van der Waals surface area contributed by atoms with Crippen molar-refractivity contribution < 1.29 is 14.3 Å². The predicted molar refractivity (Wildman–Crippen MR) is 92.8 cm³/mol. The van der Waals surface area contributed by atoms with E-state index in [1.165, 1.54) is 0 Å². The van der Waals surface area contributed by atoms with Crippen molar-refractivity contribution in [2.45, 2.75) is 6.92 Å². The van der Waals surface area contributed by atoms with Crippen LogP contribution < -0.4 is 10.1 Å². The van der Waals surface area contributed by atoms with Crippen molar-refractivity contribution in [3.63, 3.8) is 0 Å². The van der Waals surface area contributed by atoms with Gasteiger partial charge in [0.2, 0.25) is 0 Å². The molecule has 0 fully saturated rings. The molecule has 2 aromatic carbocycles. The second-order valence-electron chi connectivity index (χ2n) is 4.62. The van der Waals surface area contributed by atoms with E-state index in [-0.39, 0.29) is 5.91 Å². The van der Waals surface area contributed by atoms with Crippen molar-refractivity contribution in [1.29, 1.82) is 0 Å². The fourth-order valence-corrected chi connectivity index (χ4v) is 2.21. The summed E-state index contributed by atoms with van der Waals surface area (Å²) in [6, 6.07) is 11.9. The molecule has 0 atom stereocenters. The molecule has 0 radical (unpaired) electrons. The third-order valence-electron chi connectivity index (χ3n) is 3.00. The first-order valence-corrected chi connectivity index (χ1v) is 7.93. The van der Waals surface area contributed by atoms with Crippen LogP contribution in [0.15, 0.2) is 42.5 Å². The van der Waals surface area contributed by atoms with Gasteiger partial charge in [0.1, 0.15) is 12.4 Å². The van der Waals surface area contributed by atoms with Gasteiger partial charge in [-0.05, 0) is 37.3 Å². The van der Waals surface area contributed by atoms with Crippen LogP contribution in [-0.4, -0.2) is 25.7 Å². The van der Waals surface area contributed by atoms with Crippen LogP contribution in [-0.2, 0) is 4.74 Å². The highest BCUT2D eigenvalue weighted by atomic mass is 35.5. The minimum absolute atomic E-state index is 0.282. The van der Waals surface area contributed by atoms with Crippen molar-refractivity contribution in [3.05, 3.63) is 58.1 Å². The van der Waals surface area contributed by atoms with Crippen molar-refractivity contribution in [1.82, 2.24) is 0 Å². The number of ether oxygens (including phenoxy) is 2. The third-order valence-corrected chi connectivity index (χ3v) is 3.74. The normalized spacial score (nSPS) is 10.4. The number of nitrogens with one attached hydrogen (secondary N) is 1.